The Morgan fingerprint density at radius 1 is 1.35 bits per heavy atom. The second-order valence-corrected chi connectivity index (χ2v) is 9.00. The van der Waals surface area contributed by atoms with Gasteiger partial charge in [0.05, 0.1) is 17.8 Å². The van der Waals surface area contributed by atoms with E-state index in [0.717, 1.165) is 12.8 Å². The van der Waals surface area contributed by atoms with Crippen LogP contribution >= 0.6 is 0 Å². The Morgan fingerprint density at radius 2 is 1.96 bits per heavy atom. The molecule has 1 aliphatic carbocycles. The number of carbonyl (C=O) groups is 1. The third-order valence-corrected chi connectivity index (χ3v) is 5.84. The smallest absolute Gasteiger partial charge is 0.306 e. The molecule has 7 nitrogen and oxygen atoms in total. The lowest BCUT2D eigenvalue weighted by Crippen LogP contribution is -2.33. The largest absolute Gasteiger partial charge is 0.481 e. The molecule has 0 aromatic carbocycles. The van der Waals surface area contributed by atoms with Gasteiger partial charge in [-0.3, -0.25) is 9.89 Å². The topological polar surface area (TPSA) is 112 Å². The van der Waals surface area contributed by atoms with Crippen molar-refractivity contribution in [3.05, 3.63) is 11.9 Å². The zero-order valence-corrected chi connectivity index (χ0v) is 14.6. The van der Waals surface area contributed by atoms with Crippen LogP contribution in [0.2, 0.25) is 0 Å². The molecule has 1 aromatic rings. The summed E-state index contributed by atoms with van der Waals surface area (Å²) in [6, 6.07) is 0. The monoisotopic (exact) mass is 343 g/mol. The van der Waals surface area contributed by atoms with Gasteiger partial charge in [0, 0.05) is 12.0 Å². The van der Waals surface area contributed by atoms with E-state index in [-0.39, 0.29) is 22.1 Å². The Morgan fingerprint density at radius 3 is 2.48 bits per heavy atom. The fourth-order valence-corrected chi connectivity index (χ4v) is 4.36. The average Bonchev–Trinajstić information content (AvgIpc) is 2.96. The van der Waals surface area contributed by atoms with Crippen LogP contribution in [0.1, 0.15) is 52.1 Å². The van der Waals surface area contributed by atoms with E-state index in [4.69, 9.17) is 5.11 Å². The molecule has 1 heterocycles. The van der Waals surface area contributed by atoms with E-state index < -0.39 is 16.0 Å². The van der Waals surface area contributed by atoms with Crippen LogP contribution in [-0.2, 0) is 20.2 Å². The maximum atomic E-state index is 12.5. The predicted molar refractivity (Wildman–Crippen MR) is 85.6 cm³/mol. The van der Waals surface area contributed by atoms with Crippen LogP contribution in [-0.4, -0.2) is 36.2 Å². The van der Waals surface area contributed by atoms with Crippen LogP contribution in [0.3, 0.4) is 0 Å². The van der Waals surface area contributed by atoms with Crippen LogP contribution in [0.15, 0.2) is 11.1 Å². The summed E-state index contributed by atoms with van der Waals surface area (Å²) < 4.78 is 27.7. The van der Waals surface area contributed by atoms with Crippen molar-refractivity contribution in [3.63, 3.8) is 0 Å². The number of hydrogen-bond donors (Lipinski definition) is 3. The fourth-order valence-electron chi connectivity index (χ4n) is 2.93. The van der Waals surface area contributed by atoms with Gasteiger partial charge < -0.3 is 5.11 Å². The molecule has 3 N–H and O–H groups in total. The lowest BCUT2D eigenvalue weighted by molar-refractivity contribution is -0.143. The second kappa shape index (κ2) is 6.60. The fraction of sp³-hybridized carbons (Fsp3) is 0.733. The molecule has 0 saturated heterocycles. The molecule has 2 rings (SSSR count). The third kappa shape index (κ3) is 4.32. The SMILES string of the molecule is CC(C)(C)c1[nH]ncc1S(=O)(=O)NCC1CCC(C(=O)O)CC1. The highest BCUT2D eigenvalue weighted by Crippen LogP contribution is 2.30. The molecule has 1 aliphatic rings. The highest BCUT2D eigenvalue weighted by Gasteiger charge is 2.30. The third-order valence-electron chi connectivity index (χ3n) is 4.40. The van der Waals surface area contributed by atoms with Crippen LogP contribution in [0.4, 0.5) is 0 Å². The molecule has 0 atom stereocenters. The quantitative estimate of drug-likeness (QED) is 0.755. The number of H-pyrrole nitrogens is 1. The minimum Gasteiger partial charge on any atom is -0.481 e. The van der Waals surface area contributed by atoms with Gasteiger partial charge in [-0.2, -0.15) is 5.10 Å². The van der Waals surface area contributed by atoms with E-state index in [2.05, 4.69) is 14.9 Å². The van der Waals surface area contributed by atoms with E-state index in [1.807, 2.05) is 20.8 Å². The van der Waals surface area contributed by atoms with E-state index in [9.17, 15) is 13.2 Å². The molecule has 1 saturated carbocycles. The number of aliphatic carboxylic acids is 1. The molecular weight excluding hydrogens is 318 g/mol. The maximum Gasteiger partial charge on any atom is 0.306 e. The van der Waals surface area contributed by atoms with E-state index in [1.165, 1.54) is 6.20 Å². The summed E-state index contributed by atoms with van der Waals surface area (Å²) in [5.41, 5.74) is 0.236. The summed E-state index contributed by atoms with van der Waals surface area (Å²) in [5, 5.41) is 15.6. The molecule has 0 radical (unpaired) electrons. The lowest BCUT2D eigenvalue weighted by Gasteiger charge is -2.26. The molecule has 130 valence electrons. The minimum absolute atomic E-state index is 0.184. The minimum atomic E-state index is -3.62. The van der Waals surface area contributed by atoms with Crippen LogP contribution in [0, 0.1) is 11.8 Å². The summed E-state index contributed by atoms with van der Waals surface area (Å²) >= 11 is 0. The number of nitrogens with zero attached hydrogens (tertiary/aromatic N) is 1. The standard InChI is InChI=1S/C15H25N3O4S/c1-15(2,3)13-12(9-16-18-13)23(21,22)17-8-10-4-6-11(7-5-10)14(19)20/h9-11,17H,4-8H2,1-3H3,(H,16,18)(H,19,20). The number of nitrogens with one attached hydrogen (secondary N) is 2. The molecule has 8 heteroatoms. The summed E-state index contributed by atoms with van der Waals surface area (Å²) in [4.78, 5) is 11.1. The molecule has 23 heavy (non-hydrogen) atoms. The first-order valence-electron chi connectivity index (χ1n) is 7.87. The Kier molecular flexibility index (Phi) is 5.15. The van der Waals surface area contributed by atoms with Gasteiger partial charge in [-0.15, -0.1) is 0 Å². The van der Waals surface area contributed by atoms with Crippen molar-refractivity contribution >= 4 is 16.0 Å². The highest BCUT2D eigenvalue weighted by atomic mass is 32.2. The summed E-state index contributed by atoms with van der Waals surface area (Å²) in [6.07, 6.45) is 4.03. The van der Waals surface area contributed by atoms with Crippen LogP contribution in [0.25, 0.3) is 0 Å². The van der Waals surface area contributed by atoms with Gasteiger partial charge >= 0.3 is 5.97 Å². The maximum absolute atomic E-state index is 12.5. The predicted octanol–water partition coefficient (Wildman–Crippen LogP) is 1.88. The first kappa shape index (κ1) is 17.9. The van der Waals surface area contributed by atoms with Crippen molar-refractivity contribution in [1.29, 1.82) is 0 Å². The first-order valence-corrected chi connectivity index (χ1v) is 9.36. The molecule has 1 fully saturated rings. The highest BCUT2D eigenvalue weighted by molar-refractivity contribution is 7.89. The average molecular weight is 343 g/mol. The van der Waals surface area contributed by atoms with E-state index in [1.54, 1.807) is 0 Å². The normalized spacial score (nSPS) is 22.9. The Balaban J connectivity index is 1.98. The van der Waals surface area contributed by atoms with Crippen LogP contribution in [0.5, 0.6) is 0 Å². The summed E-state index contributed by atoms with van der Waals surface area (Å²) in [7, 11) is -3.62. The number of aromatic amines is 1. The van der Waals surface area contributed by atoms with Crippen molar-refractivity contribution in [1.82, 2.24) is 14.9 Å². The van der Waals surface area contributed by atoms with Gasteiger partial charge in [0.1, 0.15) is 4.90 Å². The first-order chi connectivity index (χ1) is 10.6. The van der Waals surface area contributed by atoms with Crippen LogP contribution < -0.4 is 4.72 Å². The number of rotatable bonds is 5. The summed E-state index contributed by atoms with van der Waals surface area (Å²) in [5.74, 6) is -0.855. The number of carboxylic acid groups (broad SMARTS) is 1. The van der Waals surface area contributed by atoms with Crippen molar-refractivity contribution in [2.75, 3.05) is 6.54 Å². The van der Waals surface area contributed by atoms with E-state index >= 15 is 0 Å². The Bertz CT molecular complexity index is 653. The molecule has 0 aliphatic heterocycles. The zero-order valence-electron chi connectivity index (χ0n) is 13.8. The van der Waals surface area contributed by atoms with E-state index in [0.29, 0.717) is 25.1 Å². The number of aromatic nitrogens is 2. The van der Waals surface area contributed by atoms with Gasteiger partial charge in [-0.05, 0) is 31.6 Å². The van der Waals surface area contributed by atoms with Gasteiger partial charge in [0.2, 0.25) is 10.0 Å². The van der Waals surface area contributed by atoms with Crippen molar-refractivity contribution in [3.8, 4) is 0 Å². The molecule has 0 spiro atoms. The second-order valence-electron chi connectivity index (χ2n) is 7.27. The molecule has 0 amide bonds. The lowest BCUT2D eigenvalue weighted by atomic mass is 9.82. The van der Waals surface area contributed by atoms with Crippen molar-refractivity contribution in [2.24, 2.45) is 11.8 Å². The van der Waals surface area contributed by atoms with Gasteiger partial charge in [0.25, 0.3) is 0 Å². The molecule has 0 bridgehead atoms. The Hall–Kier alpha value is -1.41. The number of sulfonamides is 1. The van der Waals surface area contributed by atoms with Crippen molar-refractivity contribution < 1.29 is 18.3 Å². The van der Waals surface area contributed by atoms with Gasteiger partial charge in [0.15, 0.2) is 0 Å². The molecule has 1 aromatic heterocycles. The number of hydrogen-bond acceptors (Lipinski definition) is 4. The van der Waals surface area contributed by atoms with Gasteiger partial charge in [-0.1, -0.05) is 20.8 Å². The zero-order chi connectivity index (χ0) is 17.3. The molecule has 0 unspecified atom stereocenters. The summed E-state index contributed by atoms with van der Waals surface area (Å²) in [6.45, 7) is 6.11. The van der Waals surface area contributed by atoms with Gasteiger partial charge in [-0.25, -0.2) is 13.1 Å². The number of carboxylic acids is 1. The van der Waals surface area contributed by atoms with Crippen molar-refractivity contribution in [2.45, 2.75) is 56.8 Å². The molecular formula is C15H25N3O4S. The Labute approximate surface area is 136 Å².